The molecule has 80 valence electrons. The summed E-state index contributed by atoms with van der Waals surface area (Å²) in [6, 6.07) is 2.74. The summed E-state index contributed by atoms with van der Waals surface area (Å²) in [6.45, 7) is 1.63. The average molecular weight is 248 g/mol. The van der Waals surface area contributed by atoms with E-state index in [-0.39, 0.29) is 16.3 Å². The molecule has 0 saturated heterocycles. The molecule has 7 heteroatoms. The van der Waals surface area contributed by atoms with Gasteiger partial charge in [0, 0.05) is 0 Å². The van der Waals surface area contributed by atoms with Crippen molar-refractivity contribution in [1.29, 1.82) is 0 Å². The van der Waals surface area contributed by atoms with E-state index < -0.39 is 16.5 Å². The van der Waals surface area contributed by atoms with E-state index in [1.165, 1.54) is 12.1 Å². The number of nitrogens with zero attached hydrogens (tertiary/aromatic N) is 1. The molecule has 5 nitrogen and oxygen atoms in total. The summed E-state index contributed by atoms with van der Waals surface area (Å²) in [4.78, 5) is 10.7. The quantitative estimate of drug-likeness (QED) is 0.867. The van der Waals surface area contributed by atoms with Crippen molar-refractivity contribution in [1.82, 2.24) is 0 Å². The second kappa shape index (κ2) is 4.41. The Morgan fingerprint density at radius 1 is 1.47 bits per heavy atom. The van der Waals surface area contributed by atoms with Crippen molar-refractivity contribution in [2.24, 2.45) is 4.36 Å². The summed E-state index contributed by atoms with van der Waals surface area (Å²) in [5.41, 5.74) is 0.0816. The second-order valence-electron chi connectivity index (χ2n) is 2.71. The highest BCUT2D eigenvalue weighted by Gasteiger charge is 2.14. The SMILES string of the molecule is Cc1ccc(C(=O)O)c(N=S(=O)=O)c1Cl. The number of carboxylic acids is 1. The molecule has 1 N–H and O–H groups in total. The molecule has 0 amide bonds. The zero-order chi connectivity index (χ0) is 11.6. The molecule has 0 bridgehead atoms. The molecular formula is C8H6ClNO4S. The third kappa shape index (κ3) is 2.54. The number of hydrogen-bond acceptors (Lipinski definition) is 4. The Kier molecular flexibility index (Phi) is 3.43. The first kappa shape index (κ1) is 11.7. The predicted octanol–water partition coefficient (Wildman–Crippen LogP) is 2.04. The van der Waals surface area contributed by atoms with Gasteiger partial charge in [0.2, 0.25) is 0 Å². The summed E-state index contributed by atoms with van der Waals surface area (Å²) in [7, 11) is -2.73. The maximum Gasteiger partial charge on any atom is 0.337 e. The molecule has 1 rings (SSSR count). The number of carboxylic acid groups (broad SMARTS) is 1. The van der Waals surface area contributed by atoms with Gasteiger partial charge >= 0.3 is 16.5 Å². The summed E-state index contributed by atoms with van der Waals surface area (Å²) >= 11 is 5.76. The van der Waals surface area contributed by atoms with Crippen LogP contribution in [-0.2, 0) is 10.5 Å². The van der Waals surface area contributed by atoms with Crippen molar-refractivity contribution >= 4 is 33.8 Å². The van der Waals surface area contributed by atoms with Crippen LogP contribution in [-0.4, -0.2) is 19.5 Å². The molecule has 15 heavy (non-hydrogen) atoms. The van der Waals surface area contributed by atoms with Gasteiger partial charge in [0.1, 0.15) is 5.69 Å². The second-order valence-corrected chi connectivity index (χ2v) is 3.70. The van der Waals surface area contributed by atoms with E-state index in [4.69, 9.17) is 16.7 Å². The van der Waals surface area contributed by atoms with Gasteiger partial charge in [-0.3, -0.25) is 0 Å². The molecule has 0 aliphatic carbocycles. The first-order chi connectivity index (χ1) is 6.93. The lowest BCUT2D eigenvalue weighted by atomic mass is 10.1. The first-order valence-corrected chi connectivity index (χ1v) is 5.18. The zero-order valence-electron chi connectivity index (χ0n) is 7.56. The molecule has 1 aromatic rings. The third-order valence-corrected chi connectivity index (χ3v) is 2.51. The Morgan fingerprint density at radius 3 is 2.53 bits per heavy atom. The van der Waals surface area contributed by atoms with Crippen molar-refractivity contribution in [2.75, 3.05) is 0 Å². The van der Waals surface area contributed by atoms with Gasteiger partial charge in [0.05, 0.1) is 10.6 Å². The van der Waals surface area contributed by atoms with Crippen LogP contribution in [0, 0.1) is 6.92 Å². The molecule has 0 saturated carbocycles. The molecule has 0 aromatic heterocycles. The minimum absolute atomic E-state index is 0.0269. The lowest BCUT2D eigenvalue weighted by molar-refractivity contribution is 0.0698. The average Bonchev–Trinajstić information content (AvgIpc) is 2.12. The topological polar surface area (TPSA) is 83.8 Å². The Labute approximate surface area is 92.0 Å². The summed E-state index contributed by atoms with van der Waals surface area (Å²) in [5, 5.41) is 8.80. The van der Waals surface area contributed by atoms with Crippen LogP contribution in [0.5, 0.6) is 0 Å². The summed E-state index contributed by atoms with van der Waals surface area (Å²) in [5.74, 6) is -1.28. The van der Waals surface area contributed by atoms with Crippen LogP contribution < -0.4 is 0 Å². The minimum Gasteiger partial charge on any atom is -0.478 e. The van der Waals surface area contributed by atoms with Crippen LogP contribution in [0.4, 0.5) is 5.69 Å². The zero-order valence-corrected chi connectivity index (χ0v) is 9.13. The fourth-order valence-corrected chi connectivity index (χ4v) is 1.60. The molecule has 1 aromatic carbocycles. The van der Waals surface area contributed by atoms with Gasteiger partial charge in [0.15, 0.2) is 0 Å². The predicted molar refractivity (Wildman–Crippen MR) is 54.2 cm³/mol. The molecule has 0 unspecified atom stereocenters. The lowest BCUT2D eigenvalue weighted by Crippen LogP contribution is -1.97. The smallest absolute Gasteiger partial charge is 0.337 e. The van der Waals surface area contributed by atoms with Crippen LogP contribution in [0.2, 0.25) is 5.02 Å². The molecule has 0 heterocycles. The fourth-order valence-electron chi connectivity index (χ4n) is 1.00. The van der Waals surface area contributed by atoms with E-state index in [9.17, 15) is 13.2 Å². The van der Waals surface area contributed by atoms with Crippen molar-refractivity contribution in [3.8, 4) is 0 Å². The van der Waals surface area contributed by atoms with E-state index in [0.29, 0.717) is 5.56 Å². The van der Waals surface area contributed by atoms with E-state index in [1.807, 2.05) is 0 Å². The standard InChI is InChI=1S/C8H6ClNO4S/c1-4-2-3-5(8(11)12)7(6(4)9)10-15(13)14/h2-3H,1H3,(H,11,12). The van der Waals surface area contributed by atoms with E-state index in [1.54, 1.807) is 6.92 Å². The number of halogens is 1. The van der Waals surface area contributed by atoms with Gasteiger partial charge in [-0.2, -0.15) is 8.42 Å². The van der Waals surface area contributed by atoms with E-state index in [2.05, 4.69) is 4.36 Å². The minimum atomic E-state index is -2.73. The highest BCUT2D eigenvalue weighted by molar-refractivity contribution is 7.61. The molecule has 0 aliphatic heterocycles. The number of benzene rings is 1. The molecular weight excluding hydrogens is 242 g/mol. The van der Waals surface area contributed by atoms with Gasteiger partial charge in [0.25, 0.3) is 0 Å². The van der Waals surface area contributed by atoms with Gasteiger partial charge in [-0.25, -0.2) is 4.79 Å². The maximum atomic E-state index is 10.7. The molecule has 0 radical (unpaired) electrons. The van der Waals surface area contributed by atoms with Crippen LogP contribution >= 0.6 is 11.6 Å². The highest BCUT2D eigenvalue weighted by atomic mass is 35.5. The largest absolute Gasteiger partial charge is 0.478 e. The van der Waals surface area contributed by atoms with Crippen LogP contribution in [0.25, 0.3) is 0 Å². The van der Waals surface area contributed by atoms with E-state index >= 15 is 0 Å². The number of carbonyl (C=O) groups is 1. The Bertz CT molecular complexity index is 542. The Hall–Kier alpha value is -1.40. The van der Waals surface area contributed by atoms with Crippen molar-refractivity contribution < 1.29 is 18.3 Å². The third-order valence-electron chi connectivity index (χ3n) is 1.71. The van der Waals surface area contributed by atoms with Gasteiger partial charge < -0.3 is 5.11 Å². The van der Waals surface area contributed by atoms with Gasteiger partial charge in [-0.05, 0) is 18.6 Å². The molecule has 0 aliphatic rings. The van der Waals surface area contributed by atoms with Crippen LogP contribution in [0.1, 0.15) is 15.9 Å². The van der Waals surface area contributed by atoms with Crippen molar-refractivity contribution in [3.63, 3.8) is 0 Å². The summed E-state index contributed by atoms with van der Waals surface area (Å²) in [6.07, 6.45) is 0. The molecule has 0 fully saturated rings. The summed E-state index contributed by atoms with van der Waals surface area (Å²) < 4.78 is 23.9. The van der Waals surface area contributed by atoms with Gasteiger partial charge in [-0.15, -0.1) is 4.36 Å². The normalized spacial score (nSPS) is 9.73. The molecule has 0 atom stereocenters. The lowest BCUT2D eigenvalue weighted by Gasteiger charge is -2.03. The number of hydrogen-bond donors (Lipinski definition) is 1. The number of aromatic carboxylic acids is 1. The maximum absolute atomic E-state index is 10.7. The van der Waals surface area contributed by atoms with Crippen LogP contribution in [0.3, 0.4) is 0 Å². The fraction of sp³-hybridized carbons (Fsp3) is 0.125. The Morgan fingerprint density at radius 2 is 2.07 bits per heavy atom. The van der Waals surface area contributed by atoms with Crippen LogP contribution in [0.15, 0.2) is 16.5 Å². The Balaban J connectivity index is 3.63. The van der Waals surface area contributed by atoms with E-state index in [0.717, 1.165) is 0 Å². The number of aryl methyl sites for hydroxylation is 1. The number of rotatable bonds is 2. The highest BCUT2D eigenvalue weighted by Crippen LogP contribution is 2.32. The van der Waals surface area contributed by atoms with Crippen molar-refractivity contribution in [3.05, 3.63) is 28.3 Å². The first-order valence-electron chi connectivity index (χ1n) is 3.77. The molecule has 0 spiro atoms. The monoisotopic (exact) mass is 247 g/mol. The van der Waals surface area contributed by atoms with Crippen molar-refractivity contribution in [2.45, 2.75) is 6.92 Å². The van der Waals surface area contributed by atoms with Gasteiger partial charge in [-0.1, -0.05) is 17.7 Å².